The van der Waals surface area contributed by atoms with E-state index >= 15 is 0 Å². The van der Waals surface area contributed by atoms with Crippen LogP contribution < -0.4 is 0 Å². The van der Waals surface area contributed by atoms with Gasteiger partial charge in [-0.2, -0.15) is 0 Å². The maximum Gasteiger partial charge on any atom is 0.156 e. The van der Waals surface area contributed by atoms with E-state index in [0.29, 0.717) is 11.8 Å². The molecule has 0 saturated heterocycles. The van der Waals surface area contributed by atoms with E-state index in [0.717, 1.165) is 11.8 Å². The zero-order valence-electron chi connectivity index (χ0n) is 7.69. The van der Waals surface area contributed by atoms with E-state index < -0.39 is 11.1 Å². The first-order valence-corrected chi connectivity index (χ1v) is 6.50. The monoisotopic (exact) mass is 200 g/mol. The second-order valence-electron chi connectivity index (χ2n) is 5.17. The van der Waals surface area contributed by atoms with Gasteiger partial charge in [0.25, 0.3) is 0 Å². The van der Waals surface area contributed by atoms with Gasteiger partial charge in [-0.3, -0.25) is 0 Å². The topological polar surface area (TPSA) is 37.3 Å². The van der Waals surface area contributed by atoms with Gasteiger partial charge < -0.3 is 4.55 Å². The maximum absolute atomic E-state index is 11.2. The van der Waals surface area contributed by atoms with Crippen LogP contribution in [0.25, 0.3) is 0 Å². The molecule has 13 heavy (non-hydrogen) atoms. The molecule has 4 bridgehead atoms. The van der Waals surface area contributed by atoms with E-state index in [9.17, 15) is 8.76 Å². The van der Waals surface area contributed by atoms with Gasteiger partial charge in [-0.25, -0.2) is 4.21 Å². The Hall–Kier alpha value is 0.110. The van der Waals surface area contributed by atoms with Crippen LogP contribution in [0.2, 0.25) is 0 Å². The Labute approximate surface area is 81.4 Å². The highest BCUT2D eigenvalue weighted by atomic mass is 32.2. The summed E-state index contributed by atoms with van der Waals surface area (Å²) in [5.74, 6) is 2.98. The predicted molar refractivity (Wildman–Crippen MR) is 51.6 cm³/mol. The van der Waals surface area contributed by atoms with E-state index in [2.05, 4.69) is 0 Å². The molecule has 1 N–H and O–H groups in total. The highest BCUT2D eigenvalue weighted by Crippen LogP contribution is 2.54. The van der Waals surface area contributed by atoms with Crippen molar-refractivity contribution < 1.29 is 8.76 Å². The molecular formula is C10H16O2S. The molecule has 4 rings (SSSR count). The largest absolute Gasteiger partial charge is 0.306 e. The molecule has 4 aliphatic rings. The SMILES string of the molecule is O=S(O)C1C2CC3CC(C2)CC1C3. The normalized spacial score (nSPS) is 55.3. The van der Waals surface area contributed by atoms with Crippen molar-refractivity contribution in [3.63, 3.8) is 0 Å². The summed E-state index contributed by atoms with van der Waals surface area (Å²) >= 11 is -1.56. The van der Waals surface area contributed by atoms with Crippen molar-refractivity contribution in [2.45, 2.75) is 37.4 Å². The first-order chi connectivity index (χ1) is 6.24. The van der Waals surface area contributed by atoms with Gasteiger partial charge in [-0.15, -0.1) is 0 Å². The fraction of sp³-hybridized carbons (Fsp3) is 1.00. The Balaban J connectivity index is 1.89. The smallest absolute Gasteiger partial charge is 0.156 e. The summed E-state index contributed by atoms with van der Waals surface area (Å²) in [6.45, 7) is 0. The highest BCUT2D eigenvalue weighted by molar-refractivity contribution is 7.79. The second-order valence-corrected chi connectivity index (χ2v) is 6.27. The average molecular weight is 200 g/mol. The summed E-state index contributed by atoms with van der Waals surface area (Å²) in [5.41, 5.74) is 0. The van der Waals surface area contributed by atoms with E-state index in [-0.39, 0.29) is 5.25 Å². The minimum Gasteiger partial charge on any atom is -0.306 e. The zero-order chi connectivity index (χ0) is 9.00. The van der Waals surface area contributed by atoms with Crippen LogP contribution in [0.5, 0.6) is 0 Å². The van der Waals surface area contributed by atoms with Gasteiger partial charge in [0.1, 0.15) is 0 Å². The molecule has 3 heteroatoms. The lowest BCUT2D eigenvalue weighted by Crippen LogP contribution is -2.49. The lowest BCUT2D eigenvalue weighted by Gasteiger charge is -2.53. The van der Waals surface area contributed by atoms with Gasteiger partial charge in [-0.1, -0.05) is 0 Å². The molecular weight excluding hydrogens is 184 g/mol. The molecule has 0 heterocycles. The van der Waals surface area contributed by atoms with Crippen LogP contribution in [0.15, 0.2) is 0 Å². The Bertz CT molecular complexity index is 223. The number of hydrogen-bond acceptors (Lipinski definition) is 1. The molecule has 1 unspecified atom stereocenters. The summed E-state index contributed by atoms with van der Waals surface area (Å²) in [4.78, 5) is 0. The van der Waals surface area contributed by atoms with Gasteiger partial charge in [0.05, 0.1) is 5.25 Å². The van der Waals surface area contributed by atoms with Crippen LogP contribution in [0.3, 0.4) is 0 Å². The van der Waals surface area contributed by atoms with Crippen molar-refractivity contribution >= 4 is 11.1 Å². The molecule has 2 nitrogen and oxygen atoms in total. The van der Waals surface area contributed by atoms with Crippen molar-refractivity contribution in [2.75, 3.05) is 0 Å². The van der Waals surface area contributed by atoms with Crippen molar-refractivity contribution in [1.29, 1.82) is 0 Å². The van der Waals surface area contributed by atoms with E-state index in [4.69, 9.17) is 0 Å². The predicted octanol–water partition coefficient (Wildman–Crippen LogP) is 2.03. The molecule has 0 amide bonds. The standard InChI is InChI=1S/C10H16O2S/c11-13(12)10-8-2-6-1-7(4-8)5-9(10)3-6/h6-10H,1-5H2,(H,11,12). The third-order valence-corrected chi connectivity index (χ3v) is 5.61. The Morgan fingerprint density at radius 2 is 1.38 bits per heavy atom. The Morgan fingerprint density at radius 3 is 1.77 bits per heavy atom. The molecule has 4 saturated carbocycles. The molecule has 74 valence electrons. The van der Waals surface area contributed by atoms with Crippen LogP contribution >= 0.6 is 0 Å². The van der Waals surface area contributed by atoms with Gasteiger partial charge in [0.2, 0.25) is 0 Å². The second kappa shape index (κ2) is 2.80. The molecule has 0 radical (unpaired) electrons. The quantitative estimate of drug-likeness (QED) is 0.658. The van der Waals surface area contributed by atoms with Crippen molar-refractivity contribution in [1.82, 2.24) is 0 Å². The highest BCUT2D eigenvalue weighted by Gasteiger charge is 2.50. The van der Waals surface area contributed by atoms with Crippen LogP contribution in [-0.4, -0.2) is 14.0 Å². The van der Waals surface area contributed by atoms with E-state index in [1.807, 2.05) is 0 Å². The summed E-state index contributed by atoms with van der Waals surface area (Å²) in [6.07, 6.45) is 6.37. The minimum atomic E-state index is -1.56. The molecule has 0 spiro atoms. The van der Waals surface area contributed by atoms with Gasteiger partial charge in [0, 0.05) is 0 Å². The average Bonchev–Trinajstić information content (AvgIpc) is 2.00. The van der Waals surface area contributed by atoms with Crippen LogP contribution in [0.1, 0.15) is 32.1 Å². The molecule has 0 aliphatic heterocycles. The Morgan fingerprint density at radius 1 is 0.923 bits per heavy atom. The summed E-state index contributed by atoms with van der Waals surface area (Å²) in [7, 11) is 0. The first kappa shape index (κ1) is 8.42. The van der Waals surface area contributed by atoms with E-state index in [1.54, 1.807) is 0 Å². The molecule has 4 aliphatic carbocycles. The molecule has 0 aromatic heterocycles. The van der Waals surface area contributed by atoms with Crippen LogP contribution in [0, 0.1) is 23.7 Å². The van der Waals surface area contributed by atoms with Crippen molar-refractivity contribution in [2.24, 2.45) is 23.7 Å². The molecule has 1 atom stereocenters. The van der Waals surface area contributed by atoms with Crippen molar-refractivity contribution in [3.8, 4) is 0 Å². The van der Waals surface area contributed by atoms with Gasteiger partial charge >= 0.3 is 0 Å². The zero-order valence-corrected chi connectivity index (χ0v) is 8.50. The third-order valence-electron chi connectivity index (χ3n) is 4.37. The lowest BCUT2D eigenvalue weighted by molar-refractivity contribution is 0.0234. The third kappa shape index (κ3) is 1.20. The lowest BCUT2D eigenvalue weighted by atomic mass is 9.56. The van der Waals surface area contributed by atoms with Gasteiger partial charge in [0.15, 0.2) is 11.1 Å². The minimum absolute atomic E-state index is 0.132. The summed E-state index contributed by atoms with van der Waals surface area (Å²) in [5, 5.41) is 0.132. The Kier molecular flexibility index (Phi) is 1.81. The molecule has 4 fully saturated rings. The summed E-state index contributed by atoms with van der Waals surface area (Å²) < 4.78 is 20.5. The fourth-order valence-electron chi connectivity index (χ4n) is 4.20. The fourth-order valence-corrected chi connectivity index (χ4v) is 5.31. The molecule has 0 aromatic carbocycles. The van der Waals surface area contributed by atoms with Crippen molar-refractivity contribution in [3.05, 3.63) is 0 Å². The molecule has 0 aromatic rings. The number of rotatable bonds is 1. The maximum atomic E-state index is 11.2. The van der Waals surface area contributed by atoms with Gasteiger partial charge in [-0.05, 0) is 55.8 Å². The summed E-state index contributed by atoms with van der Waals surface area (Å²) in [6, 6.07) is 0. The van der Waals surface area contributed by atoms with Crippen LogP contribution in [0.4, 0.5) is 0 Å². The number of hydrogen-bond donors (Lipinski definition) is 1. The van der Waals surface area contributed by atoms with E-state index in [1.165, 1.54) is 32.1 Å². The first-order valence-electron chi connectivity index (χ1n) is 5.33. The van der Waals surface area contributed by atoms with Crippen LogP contribution in [-0.2, 0) is 11.1 Å².